The van der Waals surface area contributed by atoms with Crippen molar-refractivity contribution >= 4 is 15.9 Å². The van der Waals surface area contributed by atoms with Gasteiger partial charge < -0.3 is 4.90 Å². The van der Waals surface area contributed by atoms with Crippen molar-refractivity contribution in [3.05, 3.63) is 29.8 Å². The van der Waals surface area contributed by atoms with Crippen molar-refractivity contribution in [3.8, 4) is 0 Å². The van der Waals surface area contributed by atoms with E-state index in [9.17, 15) is 13.2 Å². The monoisotopic (exact) mass is 378 g/mol. The molecule has 2 saturated heterocycles. The molecule has 1 amide bonds. The van der Waals surface area contributed by atoms with Crippen LogP contribution >= 0.6 is 0 Å². The van der Waals surface area contributed by atoms with E-state index in [1.54, 1.807) is 28.6 Å². The van der Waals surface area contributed by atoms with Crippen molar-refractivity contribution < 1.29 is 13.2 Å². The molecule has 1 atom stereocenters. The Balaban J connectivity index is 1.83. The maximum Gasteiger partial charge on any atom is 0.253 e. The second-order valence-electron chi connectivity index (χ2n) is 7.68. The van der Waals surface area contributed by atoms with Gasteiger partial charge in [-0.15, -0.1) is 0 Å². The van der Waals surface area contributed by atoms with Crippen LogP contribution in [0.1, 0.15) is 62.7 Å². The first-order valence-corrected chi connectivity index (χ1v) is 11.3. The highest BCUT2D eigenvalue weighted by molar-refractivity contribution is 7.89. The summed E-state index contributed by atoms with van der Waals surface area (Å²) in [4.78, 5) is 14.9. The van der Waals surface area contributed by atoms with E-state index in [0.717, 1.165) is 51.6 Å². The third-order valence-electron chi connectivity index (χ3n) is 5.80. The second kappa shape index (κ2) is 8.09. The van der Waals surface area contributed by atoms with Crippen molar-refractivity contribution in [3.63, 3.8) is 0 Å². The molecule has 0 radical (unpaired) electrons. The van der Waals surface area contributed by atoms with E-state index < -0.39 is 10.0 Å². The van der Waals surface area contributed by atoms with E-state index in [-0.39, 0.29) is 16.8 Å². The molecule has 6 heteroatoms. The van der Waals surface area contributed by atoms with Gasteiger partial charge in [0.2, 0.25) is 10.0 Å². The van der Waals surface area contributed by atoms with Crippen LogP contribution in [0.3, 0.4) is 0 Å². The third-order valence-corrected chi connectivity index (χ3v) is 7.75. The molecule has 0 N–H and O–H groups in total. The van der Waals surface area contributed by atoms with E-state index in [1.165, 1.54) is 0 Å². The summed E-state index contributed by atoms with van der Waals surface area (Å²) < 4.78 is 27.9. The summed E-state index contributed by atoms with van der Waals surface area (Å²) in [5, 5.41) is 0. The molecule has 1 aromatic rings. The van der Waals surface area contributed by atoms with Gasteiger partial charge in [0, 0.05) is 31.2 Å². The maximum atomic E-state index is 13.2. The van der Waals surface area contributed by atoms with Gasteiger partial charge in [0.25, 0.3) is 5.91 Å². The summed E-state index contributed by atoms with van der Waals surface area (Å²) in [5.74, 6) is 0.593. The number of likely N-dealkylation sites (tertiary alicyclic amines) is 1. The molecule has 1 unspecified atom stereocenters. The fourth-order valence-corrected chi connectivity index (χ4v) is 5.83. The van der Waals surface area contributed by atoms with Gasteiger partial charge in [-0.05, 0) is 56.2 Å². The highest BCUT2D eigenvalue weighted by Gasteiger charge is 2.33. The Hall–Kier alpha value is -1.40. The lowest BCUT2D eigenvalue weighted by Crippen LogP contribution is -2.43. The summed E-state index contributed by atoms with van der Waals surface area (Å²) in [7, 11) is -3.56. The average molecular weight is 379 g/mol. The molecule has 0 aliphatic carbocycles. The van der Waals surface area contributed by atoms with Crippen LogP contribution in [0.2, 0.25) is 0 Å². The molecule has 3 rings (SSSR count). The molecule has 2 aliphatic rings. The number of hydrogen-bond acceptors (Lipinski definition) is 3. The van der Waals surface area contributed by atoms with Crippen LogP contribution < -0.4 is 0 Å². The van der Waals surface area contributed by atoms with E-state index in [4.69, 9.17) is 0 Å². The van der Waals surface area contributed by atoms with Crippen LogP contribution in [0.15, 0.2) is 29.2 Å². The Bertz CT molecular complexity index is 739. The fraction of sp³-hybridized carbons (Fsp3) is 0.650. The van der Waals surface area contributed by atoms with Crippen LogP contribution in [0.4, 0.5) is 0 Å². The molecule has 5 nitrogen and oxygen atoms in total. The number of hydrogen-bond donors (Lipinski definition) is 0. The Morgan fingerprint density at radius 1 is 1.12 bits per heavy atom. The van der Waals surface area contributed by atoms with Crippen LogP contribution in [-0.2, 0) is 10.0 Å². The predicted molar refractivity (Wildman–Crippen MR) is 103 cm³/mol. The summed E-state index contributed by atoms with van der Waals surface area (Å²) in [6.45, 7) is 6.32. The minimum absolute atomic E-state index is 0.0559. The van der Waals surface area contributed by atoms with Crippen molar-refractivity contribution in [1.82, 2.24) is 9.21 Å². The predicted octanol–water partition coefficient (Wildman–Crippen LogP) is 3.51. The van der Waals surface area contributed by atoms with Gasteiger partial charge in [-0.2, -0.15) is 4.31 Å². The number of rotatable bonds is 4. The number of benzene rings is 1. The summed E-state index contributed by atoms with van der Waals surface area (Å²) in [6, 6.07) is 6.67. The SMILES string of the molecule is CCC1CCCCN1S(=O)(=O)c1cccc(C(=O)N2CCC(C)CC2)c1. The van der Waals surface area contributed by atoms with Gasteiger partial charge in [0.1, 0.15) is 0 Å². The number of sulfonamides is 1. The van der Waals surface area contributed by atoms with Gasteiger partial charge in [0.05, 0.1) is 4.90 Å². The molecule has 0 saturated carbocycles. The van der Waals surface area contributed by atoms with Gasteiger partial charge in [-0.25, -0.2) is 8.42 Å². The minimum Gasteiger partial charge on any atom is -0.339 e. The topological polar surface area (TPSA) is 57.7 Å². The molecule has 144 valence electrons. The quantitative estimate of drug-likeness (QED) is 0.805. The molecule has 0 aromatic heterocycles. The van der Waals surface area contributed by atoms with E-state index >= 15 is 0 Å². The number of piperidine rings is 2. The first-order chi connectivity index (χ1) is 12.4. The van der Waals surface area contributed by atoms with Crippen LogP contribution in [-0.4, -0.2) is 49.2 Å². The minimum atomic E-state index is -3.56. The maximum absolute atomic E-state index is 13.2. The molecule has 2 fully saturated rings. The normalized spacial score (nSPS) is 23.2. The van der Waals surface area contributed by atoms with E-state index in [2.05, 4.69) is 6.92 Å². The summed E-state index contributed by atoms with van der Waals surface area (Å²) in [6.07, 6.45) is 5.74. The molecule has 0 bridgehead atoms. The van der Waals surface area contributed by atoms with Crippen LogP contribution in [0, 0.1) is 5.92 Å². The third kappa shape index (κ3) is 3.96. The Morgan fingerprint density at radius 3 is 2.54 bits per heavy atom. The first kappa shape index (κ1) is 19.4. The number of nitrogens with zero attached hydrogens (tertiary/aromatic N) is 2. The smallest absolute Gasteiger partial charge is 0.253 e. The fourth-order valence-electron chi connectivity index (χ4n) is 4.02. The van der Waals surface area contributed by atoms with Crippen molar-refractivity contribution in [1.29, 1.82) is 0 Å². The van der Waals surface area contributed by atoms with Crippen LogP contribution in [0.25, 0.3) is 0 Å². The van der Waals surface area contributed by atoms with E-state index in [1.807, 2.05) is 11.8 Å². The molecule has 2 aliphatic heterocycles. The highest BCUT2D eigenvalue weighted by Crippen LogP contribution is 2.28. The van der Waals surface area contributed by atoms with Crippen LogP contribution in [0.5, 0.6) is 0 Å². The zero-order chi connectivity index (χ0) is 18.7. The van der Waals surface area contributed by atoms with Crippen molar-refractivity contribution in [2.24, 2.45) is 5.92 Å². The zero-order valence-corrected chi connectivity index (χ0v) is 16.7. The van der Waals surface area contributed by atoms with Gasteiger partial charge >= 0.3 is 0 Å². The molecule has 1 aromatic carbocycles. The van der Waals surface area contributed by atoms with Crippen molar-refractivity contribution in [2.75, 3.05) is 19.6 Å². The standard InChI is InChI=1S/C20H30N2O3S/c1-3-18-8-4-5-12-22(18)26(24,25)19-9-6-7-17(15-19)20(23)21-13-10-16(2)11-14-21/h6-7,9,15-16,18H,3-5,8,10-14H2,1-2H3. The second-order valence-corrected chi connectivity index (χ2v) is 9.57. The van der Waals surface area contributed by atoms with Crippen molar-refractivity contribution in [2.45, 2.75) is 63.3 Å². The largest absolute Gasteiger partial charge is 0.339 e. The Morgan fingerprint density at radius 2 is 1.85 bits per heavy atom. The number of carbonyl (C=O) groups is 1. The molecular formula is C20H30N2O3S. The zero-order valence-electron chi connectivity index (χ0n) is 15.9. The number of carbonyl (C=O) groups excluding carboxylic acids is 1. The molecule has 0 spiro atoms. The first-order valence-electron chi connectivity index (χ1n) is 9.84. The molecule has 2 heterocycles. The Kier molecular flexibility index (Phi) is 6.03. The molecule has 26 heavy (non-hydrogen) atoms. The van der Waals surface area contributed by atoms with E-state index in [0.29, 0.717) is 18.0 Å². The number of amides is 1. The average Bonchev–Trinajstić information content (AvgIpc) is 2.68. The summed E-state index contributed by atoms with van der Waals surface area (Å²) >= 11 is 0. The summed E-state index contributed by atoms with van der Waals surface area (Å²) in [5.41, 5.74) is 0.477. The lowest BCUT2D eigenvalue weighted by Gasteiger charge is -2.34. The Labute approximate surface area is 157 Å². The lowest BCUT2D eigenvalue weighted by atomic mass is 9.98. The van der Waals surface area contributed by atoms with Gasteiger partial charge in [-0.1, -0.05) is 26.3 Å². The highest BCUT2D eigenvalue weighted by atomic mass is 32.2. The van der Waals surface area contributed by atoms with Gasteiger partial charge in [-0.3, -0.25) is 4.79 Å². The lowest BCUT2D eigenvalue weighted by molar-refractivity contribution is 0.0697. The van der Waals surface area contributed by atoms with Gasteiger partial charge in [0.15, 0.2) is 0 Å². The molecular weight excluding hydrogens is 348 g/mol.